The Kier molecular flexibility index (Phi) is 1.90. The molecule has 0 radical (unpaired) electrons. The molecule has 1 saturated heterocycles. The molecule has 4 fully saturated rings. The summed E-state index contributed by atoms with van der Waals surface area (Å²) in [4.78, 5) is 13.3. The van der Waals surface area contributed by atoms with Crippen LogP contribution in [-0.4, -0.2) is 25.3 Å². The van der Waals surface area contributed by atoms with E-state index in [1.807, 2.05) is 0 Å². The van der Waals surface area contributed by atoms with E-state index < -0.39 is 5.79 Å². The van der Waals surface area contributed by atoms with Crippen LogP contribution in [0.4, 0.5) is 0 Å². The van der Waals surface area contributed by atoms with E-state index >= 15 is 0 Å². The first-order chi connectivity index (χ1) is 8.89. The Morgan fingerprint density at radius 3 is 2.74 bits per heavy atom. The van der Waals surface area contributed by atoms with Gasteiger partial charge in [-0.15, -0.1) is 0 Å². The van der Waals surface area contributed by atoms with Gasteiger partial charge in [-0.1, -0.05) is 32.9 Å². The maximum absolute atomic E-state index is 13.3. The minimum Gasteiger partial charge on any atom is -0.347 e. The van der Waals surface area contributed by atoms with Gasteiger partial charge in [0.1, 0.15) is 0 Å². The number of Topliss-reactive ketones (excluding diaryl/α,β-unsaturated/α-hetero) is 1. The lowest BCUT2D eigenvalue weighted by Gasteiger charge is -2.65. The second kappa shape index (κ2) is 2.99. The molecular weight excluding hydrogens is 240 g/mol. The summed E-state index contributed by atoms with van der Waals surface area (Å²) in [6, 6.07) is 0. The van der Waals surface area contributed by atoms with Gasteiger partial charge in [-0.3, -0.25) is 4.79 Å². The van der Waals surface area contributed by atoms with Gasteiger partial charge in [0.25, 0.3) is 0 Å². The molecule has 4 aliphatic carbocycles. The summed E-state index contributed by atoms with van der Waals surface area (Å²) in [5, 5.41) is 0. The maximum atomic E-state index is 13.3. The Bertz CT molecular complexity index is 512. The van der Waals surface area contributed by atoms with Crippen molar-refractivity contribution in [1.29, 1.82) is 0 Å². The molecule has 1 spiro atoms. The van der Waals surface area contributed by atoms with Crippen LogP contribution in [0.25, 0.3) is 0 Å². The fourth-order valence-corrected chi connectivity index (χ4v) is 5.82. The molecule has 3 saturated carbocycles. The van der Waals surface area contributed by atoms with Crippen LogP contribution in [0.5, 0.6) is 0 Å². The number of hydrogen-bond acceptors (Lipinski definition) is 3. The molecule has 1 aliphatic heterocycles. The topological polar surface area (TPSA) is 35.5 Å². The molecule has 19 heavy (non-hydrogen) atoms. The van der Waals surface area contributed by atoms with E-state index in [1.54, 1.807) is 7.11 Å². The third-order valence-electron chi connectivity index (χ3n) is 7.26. The number of rotatable bonds is 1. The van der Waals surface area contributed by atoms with Crippen molar-refractivity contribution < 1.29 is 14.3 Å². The third-order valence-corrected chi connectivity index (χ3v) is 7.26. The van der Waals surface area contributed by atoms with Gasteiger partial charge in [0.05, 0.1) is 6.61 Å². The molecule has 0 aromatic carbocycles. The summed E-state index contributed by atoms with van der Waals surface area (Å²) in [5.74, 6) is -0.192. The molecule has 5 rings (SSSR count). The Labute approximate surface area is 114 Å². The molecule has 0 aromatic rings. The van der Waals surface area contributed by atoms with Crippen molar-refractivity contribution in [3.63, 3.8) is 0 Å². The summed E-state index contributed by atoms with van der Waals surface area (Å²) >= 11 is 0. The average molecular weight is 262 g/mol. The Morgan fingerprint density at radius 1 is 1.32 bits per heavy atom. The number of allylic oxidation sites excluding steroid dienone is 2. The third kappa shape index (κ3) is 0.847. The van der Waals surface area contributed by atoms with Crippen LogP contribution >= 0.6 is 0 Å². The molecule has 0 unspecified atom stereocenters. The molecule has 104 valence electrons. The normalized spacial score (nSPS) is 61.8. The number of fused-ring (bicyclic) bond motifs is 1. The van der Waals surface area contributed by atoms with Crippen LogP contribution in [0.2, 0.25) is 0 Å². The molecule has 0 amide bonds. The highest BCUT2D eigenvalue weighted by Crippen LogP contribution is 2.77. The van der Waals surface area contributed by atoms with Gasteiger partial charge in [-0.2, -0.15) is 0 Å². The van der Waals surface area contributed by atoms with E-state index in [0.717, 1.165) is 12.8 Å². The van der Waals surface area contributed by atoms with Gasteiger partial charge in [-0.05, 0) is 24.7 Å². The Hall–Kier alpha value is -0.670. The minimum absolute atomic E-state index is 0.0103. The van der Waals surface area contributed by atoms with E-state index in [4.69, 9.17) is 9.47 Å². The monoisotopic (exact) mass is 262 g/mol. The second-order valence-corrected chi connectivity index (χ2v) is 7.38. The summed E-state index contributed by atoms with van der Waals surface area (Å²) in [7, 11) is 1.63. The first-order valence-electron chi connectivity index (χ1n) is 7.31. The van der Waals surface area contributed by atoms with Gasteiger partial charge in [0, 0.05) is 23.4 Å². The van der Waals surface area contributed by atoms with Gasteiger partial charge < -0.3 is 9.47 Å². The number of ether oxygens (including phenoxy) is 2. The highest BCUT2D eigenvalue weighted by molar-refractivity contribution is 5.96. The number of methoxy groups -OCH3 is 1. The van der Waals surface area contributed by atoms with Crippen LogP contribution in [0.3, 0.4) is 0 Å². The summed E-state index contributed by atoms with van der Waals surface area (Å²) in [6.07, 6.45) is 6.52. The summed E-state index contributed by atoms with van der Waals surface area (Å²) < 4.78 is 11.8. The molecule has 0 aromatic heterocycles. The summed E-state index contributed by atoms with van der Waals surface area (Å²) in [6.45, 7) is 7.30. The zero-order valence-electron chi connectivity index (χ0n) is 12.2. The number of hydrogen-bond donors (Lipinski definition) is 0. The van der Waals surface area contributed by atoms with Crippen molar-refractivity contribution in [2.45, 2.75) is 39.4 Å². The van der Waals surface area contributed by atoms with Gasteiger partial charge in [0.2, 0.25) is 5.79 Å². The molecule has 4 bridgehead atoms. The molecule has 6 atom stereocenters. The summed E-state index contributed by atoms with van der Waals surface area (Å²) in [5.41, 5.74) is -0.470. The van der Waals surface area contributed by atoms with Crippen LogP contribution in [0.1, 0.15) is 33.6 Å². The predicted octanol–water partition coefficient (Wildman–Crippen LogP) is 2.56. The Morgan fingerprint density at radius 2 is 2.05 bits per heavy atom. The predicted molar refractivity (Wildman–Crippen MR) is 70.4 cm³/mol. The molecular formula is C16H22O3. The standard InChI is InChI=1S/C16H22O3/c1-10-5-6-11-13(2)9-19-16(18-4)12(17)15(10,11)8-7-14(13,16)3/h5-6,10-11H,7-9H2,1-4H3/t10-,11+,13-,14+,15-,16-/m0/s1. The van der Waals surface area contributed by atoms with Crippen LogP contribution < -0.4 is 0 Å². The first kappa shape index (κ1) is 12.1. The van der Waals surface area contributed by atoms with E-state index in [0.29, 0.717) is 18.4 Å². The van der Waals surface area contributed by atoms with E-state index in [1.165, 1.54) is 0 Å². The SMILES string of the molecule is CO[C@@]12OC[C@@]3(C)[C@H]4C=C[C@H](C)[C@]4(CC[C@@]13C)C2=O. The zero-order valence-corrected chi connectivity index (χ0v) is 12.2. The lowest BCUT2D eigenvalue weighted by atomic mass is 9.37. The molecule has 1 heterocycles. The lowest BCUT2D eigenvalue weighted by molar-refractivity contribution is -0.277. The molecule has 0 N–H and O–H groups in total. The van der Waals surface area contributed by atoms with Crippen LogP contribution in [-0.2, 0) is 14.3 Å². The van der Waals surface area contributed by atoms with Crippen molar-refractivity contribution >= 4 is 5.78 Å². The Balaban J connectivity index is 2.03. The van der Waals surface area contributed by atoms with Crippen molar-refractivity contribution in [2.24, 2.45) is 28.1 Å². The van der Waals surface area contributed by atoms with E-state index in [9.17, 15) is 4.79 Å². The molecule has 3 nitrogen and oxygen atoms in total. The maximum Gasteiger partial charge on any atom is 0.235 e. The fraction of sp³-hybridized carbons (Fsp3) is 0.812. The number of carbonyl (C=O) groups excluding carboxylic acids is 1. The number of carbonyl (C=O) groups is 1. The average Bonchev–Trinajstić information content (AvgIpc) is 2.82. The largest absolute Gasteiger partial charge is 0.347 e. The fourth-order valence-electron chi connectivity index (χ4n) is 5.82. The van der Waals surface area contributed by atoms with Crippen molar-refractivity contribution in [2.75, 3.05) is 13.7 Å². The van der Waals surface area contributed by atoms with Crippen molar-refractivity contribution in [3.05, 3.63) is 12.2 Å². The van der Waals surface area contributed by atoms with Crippen LogP contribution in [0.15, 0.2) is 12.2 Å². The van der Waals surface area contributed by atoms with Crippen LogP contribution in [0, 0.1) is 28.1 Å². The smallest absolute Gasteiger partial charge is 0.235 e. The van der Waals surface area contributed by atoms with Crippen molar-refractivity contribution in [3.8, 4) is 0 Å². The van der Waals surface area contributed by atoms with E-state index in [2.05, 4.69) is 32.9 Å². The highest BCUT2D eigenvalue weighted by Gasteiger charge is 2.83. The van der Waals surface area contributed by atoms with Gasteiger partial charge in [-0.25, -0.2) is 0 Å². The molecule has 5 aliphatic rings. The second-order valence-electron chi connectivity index (χ2n) is 7.38. The minimum atomic E-state index is -1.00. The van der Waals surface area contributed by atoms with Gasteiger partial charge >= 0.3 is 0 Å². The van der Waals surface area contributed by atoms with Crippen molar-refractivity contribution in [1.82, 2.24) is 0 Å². The number of ketones is 1. The van der Waals surface area contributed by atoms with E-state index in [-0.39, 0.29) is 22.0 Å². The molecule has 3 heteroatoms. The lowest BCUT2D eigenvalue weighted by Crippen LogP contribution is -2.73. The quantitative estimate of drug-likeness (QED) is 0.681. The van der Waals surface area contributed by atoms with Gasteiger partial charge in [0.15, 0.2) is 5.78 Å². The first-order valence-corrected chi connectivity index (χ1v) is 7.31. The zero-order chi connectivity index (χ0) is 13.7. The highest BCUT2D eigenvalue weighted by atomic mass is 16.7.